The molecular weight excluding hydrogens is 290 g/mol. The second kappa shape index (κ2) is 6.90. The van der Waals surface area contributed by atoms with Gasteiger partial charge >= 0.3 is 0 Å². The van der Waals surface area contributed by atoms with Crippen LogP contribution in [0.2, 0.25) is 5.02 Å². The number of carbonyl (C=O) groups is 2. The van der Waals surface area contributed by atoms with Crippen LogP contribution in [0.15, 0.2) is 54.6 Å². The fourth-order valence-corrected chi connectivity index (χ4v) is 2.01. The summed E-state index contributed by atoms with van der Waals surface area (Å²) >= 11 is 5.74. The summed E-state index contributed by atoms with van der Waals surface area (Å²) in [5.41, 5.74) is 1.15. The van der Waals surface area contributed by atoms with Crippen molar-refractivity contribution in [2.75, 3.05) is 0 Å². The van der Waals surface area contributed by atoms with Gasteiger partial charge in [0.1, 0.15) is 0 Å². The Labute approximate surface area is 127 Å². The van der Waals surface area contributed by atoms with Crippen molar-refractivity contribution in [2.24, 2.45) is 0 Å². The van der Waals surface area contributed by atoms with E-state index in [1.165, 1.54) is 12.1 Å². The van der Waals surface area contributed by atoms with Crippen LogP contribution in [-0.2, 0) is 11.2 Å². The Morgan fingerprint density at radius 3 is 2.24 bits per heavy atom. The third-order valence-electron chi connectivity index (χ3n) is 2.98. The van der Waals surface area contributed by atoms with E-state index in [9.17, 15) is 14.7 Å². The summed E-state index contributed by atoms with van der Waals surface area (Å²) in [7, 11) is 0. The van der Waals surface area contributed by atoms with E-state index in [2.05, 4.69) is 5.32 Å². The van der Waals surface area contributed by atoms with Gasteiger partial charge in [0.2, 0.25) is 0 Å². The number of aliphatic carboxylic acids is 1. The van der Waals surface area contributed by atoms with Crippen LogP contribution in [0.4, 0.5) is 0 Å². The molecule has 0 spiro atoms. The largest absolute Gasteiger partial charge is 0.548 e. The van der Waals surface area contributed by atoms with E-state index >= 15 is 0 Å². The molecule has 0 aliphatic rings. The normalized spacial score (nSPS) is 11.7. The summed E-state index contributed by atoms with van der Waals surface area (Å²) in [4.78, 5) is 23.2. The molecule has 0 saturated heterocycles. The van der Waals surface area contributed by atoms with Crippen molar-refractivity contribution in [2.45, 2.75) is 12.5 Å². The van der Waals surface area contributed by atoms with E-state index in [4.69, 9.17) is 11.6 Å². The maximum absolute atomic E-state index is 12.0. The maximum atomic E-state index is 12.0. The summed E-state index contributed by atoms with van der Waals surface area (Å²) in [5.74, 6) is -1.79. The average molecular weight is 303 g/mol. The third-order valence-corrected chi connectivity index (χ3v) is 3.23. The predicted molar refractivity (Wildman–Crippen MR) is 77.9 cm³/mol. The molecule has 0 aliphatic carbocycles. The minimum absolute atomic E-state index is 0.169. The van der Waals surface area contributed by atoms with Crippen LogP contribution in [-0.4, -0.2) is 17.9 Å². The Morgan fingerprint density at radius 2 is 1.67 bits per heavy atom. The fraction of sp³-hybridized carbons (Fsp3) is 0.125. The Morgan fingerprint density at radius 1 is 1.05 bits per heavy atom. The van der Waals surface area contributed by atoms with Crippen LogP contribution in [0.1, 0.15) is 15.9 Å². The second-order valence-corrected chi connectivity index (χ2v) is 4.98. The zero-order valence-corrected chi connectivity index (χ0v) is 11.8. The van der Waals surface area contributed by atoms with Gasteiger partial charge in [0, 0.05) is 10.6 Å². The standard InChI is InChI=1S/C16H14ClNO3/c17-13-8-6-12(7-9-13)15(19)18-14(16(20)21)10-11-4-2-1-3-5-11/h1-9,14H,10H2,(H,18,19)(H,20,21)/p-1/t14-/m1/s1. The highest BCUT2D eigenvalue weighted by molar-refractivity contribution is 6.30. The van der Waals surface area contributed by atoms with E-state index in [0.717, 1.165) is 5.56 Å². The van der Waals surface area contributed by atoms with Gasteiger partial charge < -0.3 is 15.2 Å². The van der Waals surface area contributed by atoms with Gasteiger partial charge in [-0.1, -0.05) is 41.9 Å². The molecule has 21 heavy (non-hydrogen) atoms. The van der Waals surface area contributed by atoms with Gasteiger partial charge in [-0.15, -0.1) is 0 Å². The molecule has 108 valence electrons. The van der Waals surface area contributed by atoms with Crippen LogP contribution in [0.5, 0.6) is 0 Å². The molecule has 0 aromatic heterocycles. The van der Waals surface area contributed by atoms with Gasteiger partial charge in [0.15, 0.2) is 0 Å². The molecule has 1 atom stereocenters. The molecule has 0 bridgehead atoms. The number of hydrogen-bond acceptors (Lipinski definition) is 3. The first-order valence-corrected chi connectivity index (χ1v) is 6.75. The molecule has 0 aliphatic heterocycles. The average Bonchev–Trinajstić information content (AvgIpc) is 2.48. The quantitative estimate of drug-likeness (QED) is 0.908. The smallest absolute Gasteiger partial charge is 0.251 e. The molecule has 2 aromatic rings. The number of nitrogens with one attached hydrogen (secondary N) is 1. The van der Waals surface area contributed by atoms with Gasteiger partial charge in [0.05, 0.1) is 12.0 Å². The lowest BCUT2D eigenvalue weighted by atomic mass is 10.1. The number of carboxylic acid groups (broad SMARTS) is 1. The maximum Gasteiger partial charge on any atom is 0.251 e. The molecule has 1 N–H and O–H groups in total. The topological polar surface area (TPSA) is 69.2 Å². The summed E-state index contributed by atoms with van der Waals surface area (Å²) < 4.78 is 0. The lowest BCUT2D eigenvalue weighted by molar-refractivity contribution is -0.308. The number of amides is 1. The number of halogens is 1. The second-order valence-electron chi connectivity index (χ2n) is 4.54. The van der Waals surface area contributed by atoms with Gasteiger partial charge in [-0.2, -0.15) is 0 Å². The molecule has 1 amide bonds. The van der Waals surface area contributed by atoms with E-state index in [1.807, 2.05) is 18.2 Å². The van der Waals surface area contributed by atoms with Crippen molar-refractivity contribution in [3.63, 3.8) is 0 Å². The van der Waals surface area contributed by atoms with Crippen LogP contribution in [0.3, 0.4) is 0 Å². The van der Waals surface area contributed by atoms with E-state index < -0.39 is 17.9 Å². The summed E-state index contributed by atoms with van der Waals surface area (Å²) in [5, 5.41) is 14.1. The molecule has 0 heterocycles. The lowest BCUT2D eigenvalue weighted by Crippen LogP contribution is -2.49. The summed E-state index contributed by atoms with van der Waals surface area (Å²) in [6.45, 7) is 0. The van der Waals surface area contributed by atoms with Crippen molar-refractivity contribution in [1.82, 2.24) is 5.32 Å². The van der Waals surface area contributed by atoms with Gasteiger partial charge in [-0.25, -0.2) is 0 Å². The lowest BCUT2D eigenvalue weighted by Gasteiger charge is -2.20. The van der Waals surface area contributed by atoms with Crippen molar-refractivity contribution >= 4 is 23.5 Å². The molecule has 0 fully saturated rings. The first kappa shape index (κ1) is 15.1. The highest BCUT2D eigenvalue weighted by Crippen LogP contribution is 2.10. The predicted octanol–water partition coefficient (Wildman–Crippen LogP) is 1.43. The highest BCUT2D eigenvalue weighted by Gasteiger charge is 2.15. The van der Waals surface area contributed by atoms with Crippen LogP contribution in [0, 0.1) is 0 Å². The van der Waals surface area contributed by atoms with Crippen LogP contribution >= 0.6 is 11.6 Å². The summed E-state index contributed by atoms with van der Waals surface area (Å²) in [6.07, 6.45) is 0.169. The number of hydrogen-bond donors (Lipinski definition) is 1. The van der Waals surface area contributed by atoms with Gasteiger partial charge in [-0.05, 0) is 36.2 Å². The number of benzene rings is 2. The molecule has 5 heteroatoms. The van der Waals surface area contributed by atoms with E-state index in [1.54, 1.807) is 24.3 Å². The van der Waals surface area contributed by atoms with Crippen LogP contribution < -0.4 is 10.4 Å². The molecule has 0 unspecified atom stereocenters. The molecule has 2 aromatic carbocycles. The minimum atomic E-state index is -1.32. The van der Waals surface area contributed by atoms with E-state index in [-0.39, 0.29) is 6.42 Å². The Balaban J connectivity index is 2.07. The fourth-order valence-electron chi connectivity index (χ4n) is 1.89. The van der Waals surface area contributed by atoms with Gasteiger partial charge in [-0.3, -0.25) is 4.79 Å². The third kappa shape index (κ3) is 4.33. The first-order valence-electron chi connectivity index (χ1n) is 6.37. The van der Waals surface area contributed by atoms with Crippen molar-refractivity contribution in [3.8, 4) is 0 Å². The molecule has 0 radical (unpaired) electrons. The molecule has 0 saturated carbocycles. The number of carboxylic acids is 1. The Hall–Kier alpha value is -2.33. The van der Waals surface area contributed by atoms with Crippen molar-refractivity contribution < 1.29 is 14.7 Å². The first-order chi connectivity index (χ1) is 10.1. The molecule has 2 rings (SSSR count). The highest BCUT2D eigenvalue weighted by atomic mass is 35.5. The SMILES string of the molecule is O=C(N[C@H](Cc1ccccc1)C(=O)[O-])c1ccc(Cl)cc1. The van der Waals surface area contributed by atoms with Crippen molar-refractivity contribution in [1.29, 1.82) is 0 Å². The Bertz CT molecular complexity index is 626. The van der Waals surface area contributed by atoms with E-state index in [0.29, 0.717) is 10.6 Å². The molecular formula is C16H13ClNO3-. The zero-order valence-electron chi connectivity index (χ0n) is 11.1. The zero-order chi connectivity index (χ0) is 15.2. The van der Waals surface area contributed by atoms with Crippen LogP contribution in [0.25, 0.3) is 0 Å². The minimum Gasteiger partial charge on any atom is -0.548 e. The monoisotopic (exact) mass is 302 g/mol. The van der Waals surface area contributed by atoms with Crippen molar-refractivity contribution in [3.05, 3.63) is 70.7 Å². The summed E-state index contributed by atoms with van der Waals surface area (Å²) in [6, 6.07) is 14.2. The Kier molecular flexibility index (Phi) is 4.95. The number of rotatable bonds is 5. The number of carbonyl (C=O) groups excluding carboxylic acids is 2. The molecule has 4 nitrogen and oxygen atoms in total. The van der Waals surface area contributed by atoms with Gasteiger partial charge in [0.25, 0.3) is 5.91 Å².